The molecule has 0 spiro atoms. The van der Waals surface area contributed by atoms with Gasteiger partial charge in [0, 0.05) is 24.1 Å². The summed E-state index contributed by atoms with van der Waals surface area (Å²) in [6, 6.07) is 5.08. The van der Waals surface area contributed by atoms with Crippen LogP contribution in [0.2, 0.25) is 0 Å². The molecule has 0 aromatic heterocycles. The SMILES string of the molecule is CCN(CC)S(=O)(=O)c1ccc(CN)cc1Br. The first-order chi connectivity index (χ1) is 7.97. The first-order valence-corrected chi connectivity index (χ1v) is 7.69. The summed E-state index contributed by atoms with van der Waals surface area (Å²) in [4.78, 5) is 0.290. The Balaban J connectivity index is 3.24. The average Bonchev–Trinajstić information content (AvgIpc) is 2.29. The lowest BCUT2D eigenvalue weighted by Crippen LogP contribution is -2.30. The minimum Gasteiger partial charge on any atom is -0.326 e. The molecule has 6 heteroatoms. The number of benzene rings is 1. The Morgan fingerprint density at radius 1 is 1.29 bits per heavy atom. The van der Waals surface area contributed by atoms with E-state index >= 15 is 0 Å². The number of hydrogen-bond donors (Lipinski definition) is 1. The largest absolute Gasteiger partial charge is 0.326 e. The van der Waals surface area contributed by atoms with Crippen LogP contribution in [0, 0.1) is 0 Å². The van der Waals surface area contributed by atoms with E-state index in [1.54, 1.807) is 18.2 Å². The Morgan fingerprint density at radius 3 is 2.29 bits per heavy atom. The number of halogens is 1. The lowest BCUT2D eigenvalue weighted by molar-refractivity contribution is 0.445. The van der Waals surface area contributed by atoms with Gasteiger partial charge in [-0.2, -0.15) is 4.31 Å². The van der Waals surface area contributed by atoms with Crippen LogP contribution < -0.4 is 5.73 Å². The first kappa shape index (κ1) is 14.6. The summed E-state index contributed by atoms with van der Waals surface area (Å²) in [5.41, 5.74) is 6.41. The molecule has 0 amide bonds. The third-order valence-electron chi connectivity index (χ3n) is 2.56. The molecule has 0 aliphatic rings. The van der Waals surface area contributed by atoms with Crippen LogP contribution >= 0.6 is 15.9 Å². The molecule has 1 aromatic rings. The Hall–Kier alpha value is -0.430. The monoisotopic (exact) mass is 320 g/mol. The molecule has 2 N–H and O–H groups in total. The van der Waals surface area contributed by atoms with Crippen molar-refractivity contribution in [2.45, 2.75) is 25.3 Å². The number of hydrogen-bond acceptors (Lipinski definition) is 3. The third kappa shape index (κ3) is 3.07. The van der Waals surface area contributed by atoms with Crippen molar-refractivity contribution in [3.63, 3.8) is 0 Å². The number of nitrogens with two attached hydrogens (primary N) is 1. The molecule has 1 rings (SSSR count). The molecule has 0 saturated heterocycles. The first-order valence-electron chi connectivity index (χ1n) is 5.46. The fourth-order valence-electron chi connectivity index (χ4n) is 1.58. The third-order valence-corrected chi connectivity index (χ3v) is 5.58. The fraction of sp³-hybridized carbons (Fsp3) is 0.455. The van der Waals surface area contributed by atoms with E-state index in [0.717, 1.165) is 5.56 Å². The van der Waals surface area contributed by atoms with Gasteiger partial charge in [0.1, 0.15) is 0 Å². The molecule has 0 unspecified atom stereocenters. The maximum absolute atomic E-state index is 12.3. The molecule has 4 nitrogen and oxygen atoms in total. The number of sulfonamides is 1. The van der Waals surface area contributed by atoms with Gasteiger partial charge >= 0.3 is 0 Å². The fourth-order valence-corrected chi connectivity index (χ4v) is 4.13. The predicted octanol–water partition coefficient (Wildman–Crippen LogP) is 1.94. The van der Waals surface area contributed by atoms with Gasteiger partial charge in [-0.25, -0.2) is 8.42 Å². The van der Waals surface area contributed by atoms with E-state index < -0.39 is 10.0 Å². The summed E-state index contributed by atoms with van der Waals surface area (Å²) >= 11 is 3.29. The molecular formula is C11H17BrN2O2S. The Labute approximate surface area is 111 Å². The highest BCUT2D eigenvalue weighted by molar-refractivity contribution is 9.10. The molecule has 0 aliphatic heterocycles. The Bertz CT molecular complexity index is 484. The van der Waals surface area contributed by atoms with Crippen molar-refractivity contribution in [3.8, 4) is 0 Å². The summed E-state index contributed by atoms with van der Waals surface area (Å²) < 4.78 is 26.5. The molecule has 0 radical (unpaired) electrons. The zero-order chi connectivity index (χ0) is 13.1. The van der Waals surface area contributed by atoms with Crippen molar-refractivity contribution >= 4 is 26.0 Å². The number of nitrogens with zero attached hydrogens (tertiary/aromatic N) is 1. The summed E-state index contributed by atoms with van der Waals surface area (Å²) in [6.07, 6.45) is 0. The van der Waals surface area contributed by atoms with E-state index in [1.165, 1.54) is 4.31 Å². The Morgan fingerprint density at radius 2 is 1.88 bits per heavy atom. The summed E-state index contributed by atoms with van der Waals surface area (Å²) in [5.74, 6) is 0. The minimum atomic E-state index is -3.41. The highest BCUT2D eigenvalue weighted by atomic mass is 79.9. The van der Waals surface area contributed by atoms with Crippen LogP contribution in [0.1, 0.15) is 19.4 Å². The van der Waals surface area contributed by atoms with Crippen LogP contribution in [0.3, 0.4) is 0 Å². The lowest BCUT2D eigenvalue weighted by Gasteiger charge is -2.19. The second-order valence-corrected chi connectivity index (χ2v) is 6.32. The number of rotatable bonds is 5. The molecule has 17 heavy (non-hydrogen) atoms. The van der Waals surface area contributed by atoms with Gasteiger partial charge in [-0.15, -0.1) is 0 Å². The highest BCUT2D eigenvalue weighted by Crippen LogP contribution is 2.26. The van der Waals surface area contributed by atoms with Gasteiger partial charge in [0.2, 0.25) is 10.0 Å². The smallest absolute Gasteiger partial charge is 0.244 e. The van der Waals surface area contributed by atoms with Gasteiger partial charge < -0.3 is 5.73 Å². The molecule has 96 valence electrons. The molecule has 0 aliphatic carbocycles. The van der Waals surface area contributed by atoms with Crippen LogP contribution in [-0.4, -0.2) is 25.8 Å². The zero-order valence-electron chi connectivity index (χ0n) is 9.98. The molecule has 0 bridgehead atoms. The van der Waals surface area contributed by atoms with Crippen molar-refractivity contribution in [2.75, 3.05) is 13.1 Å². The normalized spacial score (nSPS) is 12.1. The maximum atomic E-state index is 12.3. The Kier molecular flexibility index (Phi) is 5.12. The molecule has 0 heterocycles. The average molecular weight is 321 g/mol. The van der Waals surface area contributed by atoms with Crippen LogP contribution in [0.4, 0.5) is 0 Å². The zero-order valence-corrected chi connectivity index (χ0v) is 12.4. The molecule has 1 aromatic carbocycles. The van der Waals surface area contributed by atoms with Gasteiger partial charge in [-0.05, 0) is 33.6 Å². The predicted molar refractivity (Wildman–Crippen MR) is 72.1 cm³/mol. The van der Waals surface area contributed by atoms with E-state index in [2.05, 4.69) is 15.9 Å². The van der Waals surface area contributed by atoms with Gasteiger partial charge in [0.15, 0.2) is 0 Å². The molecular weight excluding hydrogens is 304 g/mol. The molecule has 0 fully saturated rings. The van der Waals surface area contributed by atoms with Crippen molar-refractivity contribution in [2.24, 2.45) is 5.73 Å². The second kappa shape index (κ2) is 5.95. The van der Waals surface area contributed by atoms with Gasteiger partial charge in [-0.3, -0.25) is 0 Å². The van der Waals surface area contributed by atoms with Gasteiger partial charge in [0.05, 0.1) is 4.90 Å². The van der Waals surface area contributed by atoms with Crippen molar-refractivity contribution < 1.29 is 8.42 Å². The topological polar surface area (TPSA) is 63.4 Å². The molecule has 0 saturated carbocycles. The van der Waals surface area contributed by atoms with E-state index in [0.29, 0.717) is 29.0 Å². The van der Waals surface area contributed by atoms with Gasteiger partial charge in [0.25, 0.3) is 0 Å². The van der Waals surface area contributed by atoms with E-state index in [9.17, 15) is 8.42 Å². The second-order valence-electron chi connectivity index (χ2n) is 3.56. The van der Waals surface area contributed by atoms with Crippen molar-refractivity contribution in [3.05, 3.63) is 28.2 Å². The van der Waals surface area contributed by atoms with Gasteiger partial charge in [-0.1, -0.05) is 19.9 Å². The molecule has 0 atom stereocenters. The van der Waals surface area contributed by atoms with Crippen LogP contribution in [0.15, 0.2) is 27.6 Å². The van der Waals surface area contributed by atoms with E-state index in [1.807, 2.05) is 13.8 Å². The summed E-state index contributed by atoms with van der Waals surface area (Å²) in [7, 11) is -3.41. The van der Waals surface area contributed by atoms with Crippen molar-refractivity contribution in [1.82, 2.24) is 4.31 Å². The quantitative estimate of drug-likeness (QED) is 0.901. The van der Waals surface area contributed by atoms with Crippen LogP contribution in [0.25, 0.3) is 0 Å². The summed E-state index contributed by atoms with van der Waals surface area (Å²) in [5, 5.41) is 0. The lowest BCUT2D eigenvalue weighted by atomic mass is 10.2. The van der Waals surface area contributed by atoms with Crippen LogP contribution in [-0.2, 0) is 16.6 Å². The van der Waals surface area contributed by atoms with Crippen molar-refractivity contribution in [1.29, 1.82) is 0 Å². The summed E-state index contributed by atoms with van der Waals surface area (Å²) in [6.45, 7) is 4.96. The van der Waals surface area contributed by atoms with E-state index in [-0.39, 0.29) is 0 Å². The standard InChI is InChI=1S/C11H17BrN2O2S/c1-3-14(4-2)17(15,16)11-6-5-9(8-13)7-10(11)12/h5-7H,3-4,8,13H2,1-2H3. The van der Waals surface area contributed by atoms with E-state index in [4.69, 9.17) is 5.73 Å². The minimum absolute atomic E-state index is 0.290. The maximum Gasteiger partial charge on any atom is 0.244 e. The highest BCUT2D eigenvalue weighted by Gasteiger charge is 2.23. The van der Waals surface area contributed by atoms with Crippen LogP contribution in [0.5, 0.6) is 0 Å².